The van der Waals surface area contributed by atoms with Crippen LogP contribution in [0.4, 0.5) is 0 Å². The van der Waals surface area contributed by atoms with E-state index >= 15 is 0 Å². The molecule has 1 aromatic carbocycles. The molecule has 0 unspecified atom stereocenters. The quantitative estimate of drug-likeness (QED) is 0.378. The summed E-state index contributed by atoms with van der Waals surface area (Å²) in [6, 6.07) is 10.4. The number of methoxy groups -OCH3 is 1. The molecule has 0 radical (unpaired) electrons. The van der Waals surface area contributed by atoms with Gasteiger partial charge in [-0.05, 0) is 51.0 Å². The predicted octanol–water partition coefficient (Wildman–Crippen LogP) is 4.30. The minimum Gasteiger partial charge on any atom is -0.376 e. The molecule has 1 aliphatic rings. The lowest BCUT2D eigenvalue weighted by Crippen LogP contribution is -2.43. The molecule has 6 heteroatoms. The number of hydrogen-bond acceptors (Lipinski definition) is 4. The number of nitrogens with one attached hydrogen (secondary N) is 1. The summed E-state index contributed by atoms with van der Waals surface area (Å²) in [5, 5.41) is 0. The summed E-state index contributed by atoms with van der Waals surface area (Å²) >= 11 is 0. The third-order valence-electron chi connectivity index (χ3n) is 5.37. The van der Waals surface area contributed by atoms with Crippen LogP contribution >= 0.6 is 0 Å². The minimum atomic E-state index is -1.10. The zero-order valence-electron chi connectivity index (χ0n) is 18.9. The maximum absolute atomic E-state index is 12.8. The van der Waals surface area contributed by atoms with Crippen LogP contribution in [0.2, 0.25) is 0 Å². The van der Waals surface area contributed by atoms with Crippen LogP contribution in [0.1, 0.15) is 53.0 Å². The summed E-state index contributed by atoms with van der Waals surface area (Å²) in [5.74, 6) is 0.900. The predicted molar refractivity (Wildman–Crippen MR) is 119 cm³/mol. The SMILES string of the molecule is COCOC[C@]1(COCc2ccccc2)C[C@@H]1[C@H](CC(C)C)N[S@](=O)C(C)(C)C. The molecular formula is C23H39NO4S. The zero-order chi connectivity index (χ0) is 21.5. The summed E-state index contributed by atoms with van der Waals surface area (Å²) < 4.78 is 32.9. The Morgan fingerprint density at radius 3 is 2.41 bits per heavy atom. The van der Waals surface area contributed by atoms with Gasteiger partial charge in [-0.1, -0.05) is 44.2 Å². The molecular weight excluding hydrogens is 386 g/mol. The molecule has 1 saturated carbocycles. The molecule has 0 amide bonds. The van der Waals surface area contributed by atoms with Crippen molar-refractivity contribution in [2.24, 2.45) is 17.3 Å². The van der Waals surface area contributed by atoms with Crippen molar-refractivity contribution in [3.8, 4) is 0 Å². The Bertz CT molecular complexity index is 632. The fourth-order valence-corrected chi connectivity index (χ4v) is 4.60. The van der Waals surface area contributed by atoms with Crippen molar-refractivity contribution in [1.82, 2.24) is 4.72 Å². The molecule has 0 spiro atoms. The minimum absolute atomic E-state index is 0.0536. The van der Waals surface area contributed by atoms with Crippen molar-refractivity contribution in [3.63, 3.8) is 0 Å². The van der Waals surface area contributed by atoms with Gasteiger partial charge in [-0.15, -0.1) is 0 Å². The van der Waals surface area contributed by atoms with Gasteiger partial charge >= 0.3 is 0 Å². The van der Waals surface area contributed by atoms with Crippen LogP contribution in [-0.4, -0.2) is 42.1 Å². The molecule has 1 N–H and O–H groups in total. The third-order valence-corrected chi connectivity index (χ3v) is 7.00. The lowest BCUT2D eigenvalue weighted by atomic mass is 9.95. The molecule has 1 aromatic rings. The van der Waals surface area contributed by atoms with Crippen LogP contribution in [0.25, 0.3) is 0 Å². The van der Waals surface area contributed by atoms with Gasteiger partial charge < -0.3 is 14.2 Å². The molecule has 1 aliphatic carbocycles. The summed E-state index contributed by atoms with van der Waals surface area (Å²) in [7, 11) is 0.541. The van der Waals surface area contributed by atoms with E-state index in [2.05, 4.69) is 30.7 Å². The molecule has 0 bridgehead atoms. The summed E-state index contributed by atoms with van der Waals surface area (Å²) in [4.78, 5) is 0. The molecule has 5 nitrogen and oxygen atoms in total. The average Bonchev–Trinajstić information content (AvgIpc) is 3.35. The van der Waals surface area contributed by atoms with E-state index in [1.165, 1.54) is 5.56 Å². The first-order chi connectivity index (χ1) is 13.7. The van der Waals surface area contributed by atoms with E-state index in [-0.39, 0.29) is 23.0 Å². The second-order valence-corrected chi connectivity index (χ2v) is 11.6. The van der Waals surface area contributed by atoms with Gasteiger partial charge in [-0.2, -0.15) is 0 Å². The maximum atomic E-state index is 12.8. The normalized spacial score (nSPS) is 23.9. The fourth-order valence-electron chi connectivity index (χ4n) is 3.71. The molecule has 1 fully saturated rings. The highest BCUT2D eigenvalue weighted by Crippen LogP contribution is 2.56. The van der Waals surface area contributed by atoms with Crippen molar-refractivity contribution < 1.29 is 18.4 Å². The lowest BCUT2D eigenvalue weighted by molar-refractivity contribution is -0.0654. The maximum Gasteiger partial charge on any atom is 0.146 e. The molecule has 0 saturated heterocycles. The molecule has 29 heavy (non-hydrogen) atoms. The van der Waals surface area contributed by atoms with E-state index in [0.717, 1.165) is 12.8 Å². The van der Waals surface area contributed by atoms with Crippen molar-refractivity contribution in [2.75, 3.05) is 27.1 Å². The van der Waals surface area contributed by atoms with Crippen molar-refractivity contribution in [3.05, 3.63) is 35.9 Å². The molecule has 4 atom stereocenters. The van der Waals surface area contributed by atoms with Crippen molar-refractivity contribution in [2.45, 2.75) is 64.9 Å². The first kappa shape index (κ1) is 24.5. The lowest BCUT2D eigenvalue weighted by Gasteiger charge is -2.28. The molecule has 166 valence electrons. The van der Waals surface area contributed by atoms with Gasteiger partial charge in [0.15, 0.2) is 0 Å². The van der Waals surface area contributed by atoms with E-state index in [1.807, 2.05) is 39.0 Å². The Labute approximate surface area is 179 Å². The number of benzene rings is 1. The van der Waals surface area contributed by atoms with Crippen molar-refractivity contribution in [1.29, 1.82) is 0 Å². The molecule has 0 aromatic heterocycles. The highest BCUT2D eigenvalue weighted by atomic mass is 32.2. The Hall–Kier alpha value is -0.790. The van der Waals surface area contributed by atoms with E-state index in [0.29, 0.717) is 31.7 Å². The van der Waals surface area contributed by atoms with Gasteiger partial charge in [-0.25, -0.2) is 8.93 Å². The molecule has 0 heterocycles. The van der Waals surface area contributed by atoms with E-state index < -0.39 is 11.0 Å². The molecule has 2 rings (SSSR count). The summed E-state index contributed by atoms with van der Waals surface area (Å²) in [5.41, 5.74) is 1.12. The van der Waals surface area contributed by atoms with Crippen molar-refractivity contribution >= 4 is 11.0 Å². The van der Waals surface area contributed by atoms with Gasteiger partial charge in [0.2, 0.25) is 0 Å². The van der Waals surface area contributed by atoms with E-state index in [1.54, 1.807) is 7.11 Å². The van der Waals surface area contributed by atoms with Crippen LogP contribution < -0.4 is 4.72 Å². The second-order valence-electron chi connectivity index (χ2n) is 9.64. The smallest absolute Gasteiger partial charge is 0.146 e. The van der Waals surface area contributed by atoms with E-state index in [4.69, 9.17) is 14.2 Å². The zero-order valence-corrected chi connectivity index (χ0v) is 19.7. The van der Waals surface area contributed by atoms with Crippen LogP contribution in [0.15, 0.2) is 30.3 Å². The van der Waals surface area contributed by atoms with Gasteiger partial charge in [0.25, 0.3) is 0 Å². The van der Waals surface area contributed by atoms with Crippen LogP contribution in [0.3, 0.4) is 0 Å². The number of ether oxygens (including phenoxy) is 3. The monoisotopic (exact) mass is 425 g/mol. The first-order valence-corrected chi connectivity index (χ1v) is 11.7. The summed E-state index contributed by atoms with van der Waals surface area (Å²) in [6.07, 6.45) is 1.99. The Kier molecular flexibility index (Phi) is 9.29. The van der Waals surface area contributed by atoms with Gasteiger partial charge in [0.1, 0.15) is 6.79 Å². The first-order valence-electron chi connectivity index (χ1n) is 10.5. The Morgan fingerprint density at radius 2 is 1.83 bits per heavy atom. The van der Waals surface area contributed by atoms with Gasteiger partial charge in [0, 0.05) is 18.6 Å². The largest absolute Gasteiger partial charge is 0.376 e. The Morgan fingerprint density at radius 1 is 1.17 bits per heavy atom. The standard InChI is InChI=1S/C23H39NO4S/c1-18(2)12-21(24-29(25)22(3,4)5)20-13-23(20,16-28-17-26-6)15-27-14-19-10-8-7-9-11-19/h7-11,18,20-21,24H,12-17H2,1-6H3/t20-,21+,23-,29-/m1/s1. The van der Waals surface area contributed by atoms with Crippen LogP contribution in [-0.2, 0) is 31.8 Å². The highest BCUT2D eigenvalue weighted by Gasteiger charge is 2.58. The van der Waals surface area contributed by atoms with Gasteiger partial charge in [0.05, 0.1) is 35.6 Å². The van der Waals surface area contributed by atoms with Gasteiger partial charge in [-0.3, -0.25) is 0 Å². The topological polar surface area (TPSA) is 56.8 Å². The number of rotatable bonds is 13. The van der Waals surface area contributed by atoms with Crippen LogP contribution in [0.5, 0.6) is 0 Å². The van der Waals surface area contributed by atoms with Crippen LogP contribution in [0, 0.1) is 17.3 Å². The third kappa shape index (κ3) is 7.76. The summed E-state index contributed by atoms with van der Waals surface area (Å²) in [6.45, 7) is 12.6. The van der Waals surface area contributed by atoms with E-state index in [9.17, 15) is 4.21 Å². The Balaban J connectivity index is 2.04. The highest BCUT2D eigenvalue weighted by molar-refractivity contribution is 7.84. The fraction of sp³-hybridized carbons (Fsp3) is 0.739. The number of hydrogen-bond donors (Lipinski definition) is 1. The molecule has 0 aliphatic heterocycles. The second kappa shape index (κ2) is 11.0. The average molecular weight is 426 g/mol.